The van der Waals surface area contributed by atoms with Gasteiger partial charge in [-0.05, 0) is 44.1 Å². The number of piperidine rings is 1. The van der Waals surface area contributed by atoms with Gasteiger partial charge in [-0.2, -0.15) is 0 Å². The molecule has 1 saturated heterocycles. The fraction of sp³-hybridized carbons (Fsp3) is 0.500. The summed E-state index contributed by atoms with van der Waals surface area (Å²) in [5, 5.41) is 3.15. The molecule has 0 aromatic heterocycles. The first kappa shape index (κ1) is 17.2. The summed E-state index contributed by atoms with van der Waals surface area (Å²) in [6.07, 6.45) is 1.47. The molecule has 0 radical (unpaired) electrons. The summed E-state index contributed by atoms with van der Waals surface area (Å²) >= 11 is 0. The average Bonchev–Trinajstić information content (AvgIpc) is 2.39. The van der Waals surface area contributed by atoms with Crippen molar-refractivity contribution in [1.29, 1.82) is 0 Å². The molecule has 0 unspecified atom stereocenters. The molecule has 20 heavy (non-hydrogen) atoms. The summed E-state index contributed by atoms with van der Waals surface area (Å²) in [5.74, 6) is -0.656. The lowest BCUT2D eigenvalue weighted by Gasteiger charge is -2.23. The van der Waals surface area contributed by atoms with Crippen molar-refractivity contribution in [3.05, 3.63) is 24.0 Å². The Balaban J connectivity index is 0.00000200. The number of hydrogen-bond donors (Lipinski definition) is 2. The van der Waals surface area contributed by atoms with Gasteiger partial charge in [0.05, 0.1) is 12.0 Å². The predicted octanol–water partition coefficient (Wildman–Crippen LogP) is 1.29. The molecule has 1 fully saturated rings. The van der Waals surface area contributed by atoms with E-state index in [1.807, 2.05) is 0 Å². The van der Waals surface area contributed by atoms with Gasteiger partial charge < -0.3 is 10.1 Å². The van der Waals surface area contributed by atoms with Crippen molar-refractivity contribution >= 4 is 22.4 Å². The van der Waals surface area contributed by atoms with E-state index < -0.39 is 15.8 Å². The van der Waals surface area contributed by atoms with Gasteiger partial charge in [-0.15, -0.1) is 12.4 Å². The summed E-state index contributed by atoms with van der Waals surface area (Å²) in [5.41, 5.74) is 0. The fourth-order valence-corrected chi connectivity index (χ4v) is 3.36. The molecule has 0 bridgehead atoms. The fourth-order valence-electron chi connectivity index (χ4n) is 2.04. The topological polar surface area (TPSA) is 67.4 Å². The monoisotopic (exact) mass is 324 g/mol. The molecular formula is C12H18ClFN2O3S. The molecule has 0 saturated carbocycles. The van der Waals surface area contributed by atoms with Gasteiger partial charge in [0.15, 0.2) is 11.6 Å². The van der Waals surface area contributed by atoms with Gasteiger partial charge in [0, 0.05) is 6.04 Å². The highest BCUT2D eigenvalue weighted by molar-refractivity contribution is 7.89. The maximum Gasteiger partial charge on any atom is 0.240 e. The van der Waals surface area contributed by atoms with E-state index in [1.54, 1.807) is 0 Å². The number of benzene rings is 1. The average molecular weight is 325 g/mol. The summed E-state index contributed by atoms with van der Waals surface area (Å²) in [7, 11) is -2.35. The molecule has 2 rings (SSSR count). The molecule has 1 aromatic carbocycles. The molecular weight excluding hydrogens is 307 g/mol. The third-order valence-corrected chi connectivity index (χ3v) is 4.61. The number of nitrogens with one attached hydrogen (secondary N) is 2. The molecule has 0 aliphatic carbocycles. The van der Waals surface area contributed by atoms with Gasteiger partial charge in [-0.25, -0.2) is 17.5 Å². The number of methoxy groups -OCH3 is 1. The van der Waals surface area contributed by atoms with Crippen molar-refractivity contribution in [2.75, 3.05) is 20.2 Å². The van der Waals surface area contributed by atoms with Crippen LogP contribution in [0.2, 0.25) is 0 Å². The molecule has 1 aliphatic heterocycles. The molecule has 114 valence electrons. The Labute approximate surface area is 124 Å². The molecule has 5 nitrogen and oxygen atoms in total. The lowest BCUT2D eigenvalue weighted by atomic mass is 10.1. The van der Waals surface area contributed by atoms with Gasteiger partial charge in [-0.3, -0.25) is 0 Å². The van der Waals surface area contributed by atoms with Crippen LogP contribution in [0.3, 0.4) is 0 Å². The standard InChI is InChI=1S/C12H17FN2O3S.ClH/c1-18-12-3-2-10(8-11(12)13)19(16,17)15-9-4-6-14-7-5-9;/h2-3,8-9,14-15H,4-7H2,1H3;1H. The lowest BCUT2D eigenvalue weighted by molar-refractivity contribution is 0.385. The Hall–Kier alpha value is -0.890. The molecule has 0 spiro atoms. The van der Waals surface area contributed by atoms with E-state index in [4.69, 9.17) is 4.74 Å². The minimum Gasteiger partial charge on any atom is -0.494 e. The van der Waals surface area contributed by atoms with Crippen molar-refractivity contribution in [3.8, 4) is 5.75 Å². The van der Waals surface area contributed by atoms with Crippen LogP contribution in [0.25, 0.3) is 0 Å². The van der Waals surface area contributed by atoms with Crippen LogP contribution in [0, 0.1) is 5.82 Å². The third kappa shape index (κ3) is 4.05. The first-order valence-corrected chi connectivity index (χ1v) is 7.58. The van der Waals surface area contributed by atoms with E-state index in [9.17, 15) is 12.8 Å². The van der Waals surface area contributed by atoms with Crippen LogP contribution in [-0.2, 0) is 10.0 Å². The number of sulfonamides is 1. The van der Waals surface area contributed by atoms with Crippen molar-refractivity contribution in [3.63, 3.8) is 0 Å². The highest BCUT2D eigenvalue weighted by Gasteiger charge is 2.22. The van der Waals surface area contributed by atoms with Gasteiger partial charge in [0.25, 0.3) is 0 Å². The second kappa shape index (κ2) is 7.21. The first-order valence-electron chi connectivity index (χ1n) is 6.09. The zero-order valence-corrected chi connectivity index (χ0v) is 12.7. The predicted molar refractivity (Wildman–Crippen MR) is 76.4 cm³/mol. The Morgan fingerprint density at radius 2 is 2.00 bits per heavy atom. The van der Waals surface area contributed by atoms with Gasteiger partial charge in [0.1, 0.15) is 0 Å². The molecule has 1 heterocycles. The van der Waals surface area contributed by atoms with Gasteiger partial charge in [-0.1, -0.05) is 0 Å². The van der Waals surface area contributed by atoms with Crippen molar-refractivity contribution < 1.29 is 17.5 Å². The number of rotatable bonds is 4. The Morgan fingerprint density at radius 3 is 2.55 bits per heavy atom. The van der Waals surface area contributed by atoms with Gasteiger partial charge in [0.2, 0.25) is 10.0 Å². The molecule has 1 aromatic rings. The van der Waals surface area contributed by atoms with Crippen LogP contribution in [0.15, 0.2) is 23.1 Å². The quantitative estimate of drug-likeness (QED) is 0.875. The van der Waals surface area contributed by atoms with Gasteiger partial charge >= 0.3 is 0 Å². The summed E-state index contributed by atoms with van der Waals surface area (Å²) in [6, 6.07) is 3.52. The molecule has 1 aliphatic rings. The summed E-state index contributed by atoms with van der Waals surface area (Å²) in [6.45, 7) is 1.56. The summed E-state index contributed by atoms with van der Waals surface area (Å²) in [4.78, 5) is -0.0793. The maximum absolute atomic E-state index is 13.5. The van der Waals surface area contributed by atoms with Crippen LogP contribution in [0.5, 0.6) is 5.75 Å². The second-order valence-corrected chi connectivity index (χ2v) is 6.16. The van der Waals surface area contributed by atoms with Crippen LogP contribution >= 0.6 is 12.4 Å². The first-order chi connectivity index (χ1) is 9.03. The van der Waals surface area contributed by atoms with Crippen LogP contribution in [-0.4, -0.2) is 34.7 Å². The largest absolute Gasteiger partial charge is 0.494 e. The van der Waals surface area contributed by atoms with E-state index in [1.165, 1.54) is 19.2 Å². The molecule has 0 amide bonds. The Kier molecular flexibility index (Phi) is 6.19. The lowest BCUT2D eigenvalue weighted by Crippen LogP contribution is -2.42. The van der Waals surface area contributed by atoms with Crippen molar-refractivity contribution in [2.24, 2.45) is 0 Å². The highest BCUT2D eigenvalue weighted by atomic mass is 35.5. The van der Waals surface area contributed by atoms with Crippen molar-refractivity contribution in [1.82, 2.24) is 10.0 Å². The van der Waals surface area contributed by atoms with Crippen LogP contribution < -0.4 is 14.8 Å². The number of ether oxygens (including phenoxy) is 1. The number of hydrogen-bond acceptors (Lipinski definition) is 4. The maximum atomic E-state index is 13.5. The van der Waals surface area contributed by atoms with E-state index >= 15 is 0 Å². The van der Waals surface area contributed by atoms with E-state index in [0.29, 0.717) is 0 Å². The number of halogens is 2. The molecule has 0 atom stereocenters. The zero-order valence-electron chi connectivity index (χ0n) is 11.1. The van der Waals surface area contributed by atoms with E-state index in [-0.39, 0.29) is 29.1 Å². The van der Waals surface area contributed by atoms with Crippen LogP contribution in [0.4, 0.5) is 4.39 Å². The van der Waals surface area contributed by atoms with E-state index in [2.05, 4.69) is 10.0 Å². The zero-order chi connectivity index (χ0) is 13.9. The van der Waals surface area contributed by atoms with Crippen molar-refractivity contribution in [2.45, 2.75) is 23.8 Å². The smallest absolute Gasteiger partial charge is 0.240 e. The third-order valence-electron chi connectivity index (χ3n) is 3.09. The molecule has 8 heteroatoms. The highest BCUT2D eigenvalue weighted by Crippen LogP contribution is 2.21. The SMILES string of the molecule is COc1ccc(S(=O)(=O)NC2CCNCC2)cc1F.Cl. The Morgan fingerprint density at radius 1 is 1.35 bits per heavy atom. The normalized spacial score (nSPS) is 16.5. The molecule has 2 N–H and O–H groups in total. The second-order valence-electron chi connectivity index (χ2n) is 4.44. The minimum absolute atomic E-state index is 0. The van der Waals surface area contributed by atoms with E-state index in [0.717, 1.165) is 32.0 Å². The van der Waals surface area contributed by atoms with Crippen LogP contribution in [0.1, 0.15) is 12.8 Å². The Bertz CT molecular complexity index is 548. The minimum atomic E-state index is -3.68. The summed E-state index contributed by atoms with van der Waals surface area (Å²) < 4.78 is 45.1.